The van der Waals surface area contributed by atoms with E-state index in [4.69, 9.17) is 13.9 Å². The Morgan fingerprint density at radius 2 is 1.93 bits per heavy atom. The molecule has 29 heavy (non-hydrogen) atoms. The predicted octanol–water partition coefficient (Wildman–Crippen LogP) is 4.45. The molecule has 2 aliphatic heterocycles. The van der Waals surface area contributed by atoms with Gasteiger partial charge in [0, 0.05) is 24.0 Å². The van der Waals surface area contributed by atoms with Crippen LogP contribution in [0.1, 0.15) is 40.1 Å². The average Bonchev–Trinajstić information content (AvgIpc) is 3.19. The van der Waals surface area contributed by atoms with E-state index in [-0.39, 0.29) is 11.5 Å². The molecule has 5 rings (SSSR count). The summed E-state index contributed by atoms with van der Waals surface area (Å²) in [5.41, 5.74) is 3.92. The molecule has 0 atom stereocenters. The van der Waals surface area contributed by atoms with Crippen molar-refractivity contribution in [2.75, 3.05) is 26.8 Å². The van der Waals surface area contributed by atoms with Gasteiger partial charge in [-0.15, -0.1) is 0 Å². The van der Waals surface area contributed by atoms with Crippen molar-refractivity contribution in [1.82, 2.24) is 4.90 Å². The highest BCUT2D eigenvalue weighted by Gasteiger charge is 2.44. The number of hydrogen-bond acceptors (Lipinski definition) is 4. The first-order valence-corrected chi connectivity index (χ1v) is 10.2. The van der Waals surface area contributed by atoms with Gasteiger partial charge < -0.3 is 18.8 Å². The van der Waals surface area contributed by atoms with E-state index in [1.807, 2.05) is 48.2 Å². The molecule has 2 aliphatic rings. The van der Waals surface area contributed by atoms with Gasteiger partial charge in [0.1, 0.15) is 16.9 Å². The summed E-state index contributed by atoms with van der Waals surface area (Å²) in [6.07, 6.45) is 2.41. The fourth-order valence-electron chi connectivity index (χ4n) is 4.84. The first-order chi connectivity index (χ1) is 14.1. The topological polar surface area (TPSA) is 51.9 Å². The largest absolute Gasteiger partial charge is 0.496 e. The molecule has 5 heteroatoms. The Hall–Kier alpha value is -2.79. The van der Waals surface area contributed by atoms with Gasteiger partial charge in [-0.25, -0.2) is 0 Å². The van der Waals surface area contributed by atoms with E-state index in [2.05, 4.69) is 6.07 Å². The van der Waals surface area contributed by atoms with Gasteiger partial charge in [-0.05, 0) is 49.4 Å². The summed E-state index contributed by atoms with van der Waals surface area (Å²) in [5.74, 6) is 1.24. The van der Waals surface area contributed by atoms with Gasteiger partial charge in [-0.3, -0.25) is 4.79 Å². The SMILES string of the molecule is COc1cccc2c1C1(CCN(C(=O)c3cc4cccc(C)c4o3)CC1)OCC2. The summed E-state index contributed by atoms with van der Waals surface area (Å²) in [6, 6.07) is 14.0. The van der Waals surface area contributed by atoms with Gasteiger partial charge in [0.05, 0.1) is 13.7 Å². The molecule has 0 radical (unpaired) electrons. The average molecular weight is 391 g/mol. The smallest absolute Gasteiger partial charge is 0.289 e. The minimum absolute atomic E-state index is 0.0495. The van der Waals surface area contributed by atoms with Crippen molar-refractivity contribution in [1.29, 1.82) is 0 Å². The number of likely N-dealkylation sites (tertiary alicyclic amines) is 1. The minimum Gasteiger partial charge on any atom is -0.496 e. The first kappa shape index (κ1) is 18.3. The zero-order chi connectivity index (χ0) is 20.0. The Morgan fingerprint density at radius 1 is 1.14 bits per heavy atom. The Balaban J connectivity index is 1.40. The molecule has 0 aliphatic carbocycles. The minimum atomic E-state index is -0.374. The Labute approximate surface area is 170 Å². The standard InChI is InChI=1S/C24H25NO4/c1-16-5-3-7-18-15-20(29-22(16)18)23(26)25-12-10-24(11-13-25)21-17(9-14-28-24)6-4-8-19(21)27-2/h3-8,15H,9-14H2,1-2H3. The van der Waals surface area contributed by atoms with Crippen LogP contribution in [0.25, 0.3) is 11.0 Å². The van der Waals surface area contributed by atoms with Crippen molar-refractivity contribution in [3.8, 4) is 5.75 Å². The summed E-state index contributed by atoms with van der Waals surface area (Å²) in [5, 5.41) is 0.969. The highest BCUT2D eigenvalue weighted by atomic mass is 16.5. The number of para-hydroxylation sites is 1. The van der Waals surface area contributed by atoms with Crippen molar-refractivity contribution in [3.63, 3.8) is 0 Å². The number of hydrogen-bond donors (Lipinski definition) is 0. The molecule has 1 amide bonds. The maximum Gasteiger partial charge on any atom is 0.289 e. The molecule has 1 fully saturated rings. The fourth-order valence-corrected chi connectivity index (χ4v) is 4.84. The van der Waals surface area contributed by atoms with Crippen LogP contribution in [0.4, 0.5) is 0 Å². The molecular weight excluding hydrogens is 366 g/mol. The van der Waals surface area contributed by atoms with E-state index in [0.29, 0.717) is 25.5 Å². The number of benzene rings is 2. The van der Waals surface area contributed by atoms with E-state index >= 15 is 0 Å². The maximum atomic E-state index is 13.1. The summed E-state index contributed by atoms with van der Waals surface area (Å²) in [4.78, 5) is 15.0. The lowest BCUT2D eigenvalue weighted by Gasteiger charge is -2.45. The number of fused-ring (bicyclic) bond motifs is 3. The Bertz CT molecular complexity index is 1060. The molecule has 0 bridgehead atoms. The van der Waals surface area contributed by atoms with E-state index in [0.717, 1.165) is 41.5 Å². The summed E-state index contributed by atoms with van der Waals surface area (Å²) in [6.45, 7) is 3.96. The highest BCUT2D eigenvalue weighted by molar-refractivity contribution is 5.96. The van der Waals surface area contributed by atoms with E-state index < -0.39 is 0 Å². The molecule has 3 heterocycles. The van der Waals surface area contributed by atoms with Gasteiger partial charge in [-0.1, -0.05) is 30.3 Å². The van der Waals surface area contributed by atoms with Gasteiger partial charge in [0.25, 0.3) is 5.91 Å². The van der Waals surface area contributed by atoms with E-state index in [9.17, 15) is 4.79 Å². The molecule has 0 N–H and O–H groups in total. The lowest BCUT2D eigenvalue weighted by Crippen LogP contribution is -2.48. The summed E-state index contributed by atoms with van der Waals surface area (Å²) in [7, 11) is 1.71. The van der Waals surface area contributed by atoms with Gasteiger partial charge in [0.15, 0.2) is 5.76 Å². The van der Waals surface area contributed by atoms with Gasteiger partial charge >= 0.3 is 0 Å². The molecule has 1 aromatic heterocycles. The third kappa shape index (κ3) is 2.92. The van der Waals surface area contributed by atoms with Crippen LogP contribution in [0.5, 0.6) is 5.75 Å². The molecule has 5 nitrogen and oxygen atoms in total. The monoisotopic (exact) mass is 391 g/mol. The van der Waals surface area contributed by atoms with Crippen LogP contribution in [-0.4, -0.2) is 37.6 Å². The quantitative estimate of drug-likeness (QED) is 0.647. The zero-order valence-corrected chi connectivity index (χ0v) is 16.9. The third-order valence-corrected chi connectivity index (χ3v) is 6.35. The number of rotatable bonds is 2. The van der Waals surface area contributed by atoms with E-state index in [1.54, 1.807) is 7.11 Å². The number of aryl methyl sites for hydroxylation is 1. The fraction of sp³-hybridized carbons (Fsp3) is 0.375. The highest BCUT2D eigenvalue weighted by Crippen LogP contribution is 2.46. The number of nitrogens with zero attached hydrogens (tertiary/aromatic N) is 1. The van der Waals surface area contributed by atoms with Crippen molar-refractivity contribution in [2.45, 2.75) is 31.8 Å². The van der Waals surface area contributed by atoms with Crippen LogP contribution >= 0.6 is 0 Å². The van der Waals surface area contributed by atoms with Crippen molar-refractivity contribution < 1.29 is 18.7 Å². The summed E-state index contributed by atoms with van der Waals surface area (Å²) < 4.78 is 17.9. The van der Waals surface area contributed by atoms with Crippen molar-refractivity contribution in [3.05, 3.63) is 64.9 Å². The Morgan fingerprint density at radius 3 is 2.69 bits per heavy atom. The number of amides is 1. The van der Waals surface area contributed by atoms with Crippen molar-refractivity contribution in [2.24, 2.45) is 0 Å². The van der Waals surface area contributed by atoms with Gasteiger partial charge in [-0.2, -0.15) is 0 Å². The molecular formula is C24H25NO4. The second-order valence-corrected chi connectivity index (χ2v) is 7.98. The molecule has 150 valence electrons. The van der Waals surface area contributed by atoms with Crippen LogP contribution in [0, 0.1) is 6.92 Å². The number of ether oxygens (including phenoxy) is 2. The second kappa shape index (κ2) is 6.92. The van der Waals surface area contributed by atoms with Crippen molar-refractivity contribution >= 4 is 16.9 Å². The summed E-state index contributed by atoms with van der Waals surface area (Å²) >= 11 is 0. The number of furan rings is 1. The van der Waals surface area contributed by atoms with E-state index in [1.165, 1.54) is 11.1 Å². The maximum absolute atomic E-state index is 13.1. The molecule has 0 unspecified atom stereocenters. The van der Waals surface area contributed by atoms with Gasteiger partial charge in [0.2, 0.25) is 0 Å². The van der Waals surface area contributed by atoms with Crippen LogP contribution < -0.4 is 4.74 Å². The zero-order valence-electron chi connectivity index (χ0n) is 16.9. The molecule has 0 saturated carbocycles. The molecule has 2 aromatic carbocycles. The molecule has 1 spiro atoms. The lowest BCUT2D eigenvalue weighted by atomic mass is 9.78. The normalized spacial score (nSPS) is 18.1. The number of carbonyl (C=O) groups is 1. The molecule has 3 aromatic rings. The predicted molar refractivity (Wildman–Crippen MR) is 110 cm³/mol. The first-order valence-electron chi connectivity index (χ1n) is 10.2. The number of methoxy groups -OCH3 is 1. The van der Waals surface area contributed by atoms with Crippen LogP contribution in [0.15, 0.2) is 46.9 Å². The Kier molecular flexibility index (Phi) is 4.36. The number of piperidine rings is 1. The van der Waals surface area contributed by atoms with Crippen LogP contribution in [0.3, 0.4) is 0 Å². The third-order valence-electron chi connectivity index (χ3n) is 6.35. The van der Waals surface area contributed by atoms with Crippen LogP contribution in [0.2, 0.25) is 0 Å². The number of carbonyl (C=O) groups excluding carboxylic acids is 1. The second-order valence-electron chi connectivity index (χ2n) is 7.98. The molecule has 1 saturated heterocycles. The lowest BCUT2D eigenvalue weighted by molar-refractivity contribution is -0.0948. The van der Waals surface area contributed by atoms with Crippen LogP contribution in [-0.2, 0) is 16.8 Å².